The number of benzene rings is 1. The minimum absolute atomic E-state index is 0.00928. The average molecular weight is 416 g/mol. The van der Waals surface area contributed by atoms with Crippen LogP contribution in [0.1, 0.15) is 20.3 Å². The van der Waals surface area contributed by atoms with Crippen molar-refractivity contribution in [2.45, 2.75) is 33.0 Å². The maximum absolute atomic E-state index is 11.9. The molecule has 0 N–H and O–H groups in total. The van der Waals surface area contributed by atoms with Gasteiger partial charge in [0.15, 0.2) is 9.84 Å². The molecule has 1 aromatic heterocycles. The minimum atomic E-state index is -2.95. The molecule has 0 saturated carbocycles. The number of sulfone groups is 1. The topological polar surface area (TPSA) is 73.0 Å². The van der Waals surface area contributed by atoms with Crippen molar-refractivity contribution < 1.29 is 8.42 Å². The average Bonchev–Trinajstić information content (AvgIpc) is 3.10. The molecule has 2 aromatic rings. The standard InChI is InChI=1S/C16H22ClN5O2S2/c1-12(2)9-20(15-7-8-26(23,24)10-15)11-21-16(25)22(19-18-21)14-5-3-13(17)4-6-14/h3-6,12,15H,7-11H2,1-2H3/t15-/m1/s1. The Morgan fingerprint density at radius 2 is 2.00 bits per heavy atom. The predicted molar refractivity (Wildman–Crippen MR) is 104 cm³/mol. The second-order valence-corrected chi connectivity index (χ2v) is 10.0. The summed E-state index contributed by atoms with van der Waals surface area (Å²) in [6, 6.07) is 7.18. The van der Waals surface area contributed by atoms with Gasteiger partial charge in [0.2, 0.25) is 4.77 Å². The number of tetrazole rings is 1. The molecule has 0 spiro atoms. The fourth-order valence-corrected chi connectivity index (χ4v) is 5.26. The zero-order valence-electron chi connectivity index (χ0n) is 14.7. The van der Waals surface area contributed by atoms with Crippen LogP contribution in [0.3, 0.4) is 0 Å². The third kappa shape index (κ3) is 4.51. The fraction of sp³-hybridized carbons (Fsp3) is 0.562. The van der Waals surface area contributed by atoms with Gasteiger partial charge >= 0.3 is 0 Å². The molecule has 26 heavy (non-hydrogen) atoms. The van der Waals surface area contributed by atoms with Gasteiger partial charge in [0.25, 0.3) is 0 Å². The van der Waals surface area contributed by atoms with Crippen LogP contribution in [0.15, 0.2) is 24.3 Å². The van der Waals surface area contributed by atoms with Crippen molar-refractivity contribution in [3.8, 4) is 5.69 Å². The summed E-state index contributed by atoms with van der Waals surface area (Å²) >= 11 is 11.4. The molecule has 1 aliphatic heterocycles. The SMILES string of the molecule is CC(C)CN(Cn1nnn(-c2ccc(Cl)cc2)c1=S)[C@@H]1CCS(=O)(=O)C1. The van der Waals surface area contributed by atoms with Crippen LogP contribution in [-0.4, -0.2) is 57.2 Å². The lowest BCUT2D eigenvalue weighted by Gasteiger charge is -2.29. The number of nitrogens with zero attached hydrogens (tertiary/aromatic N) is 5. The molecule has 0 bridgehead atoms. The summed E-state index contributed by atoms with van der Waals surface area (Å²) in [5.41, 5.74) is 0.782. The molecule has 7 nitrogen and oxygen atoms in total. The summed E-state index contributed by atoms with van der Waals surface area (Å²) in [5.74, 6) is 0.840. The van der Waals surface area contributed by atoms with Crippen LogP contribution in [0.4, 0.5) is 0 Å². The van der Waals surface area contributed by atoms with E-state index in [-0.39, 0.29) is 17.5 Å². The van der Waals surface area contributed by atoms with Gasteiger partial charge in [0.05, 0.1) is 23.9 Å². The van der Waals surface area contributed by atoms with Gasteiger partial charge in [-0.3, -0.25) is 4.90 Å². The van der Waals surface area contributed by atoms with Gasteiger partial charge in [-0.15, -0.1) is 0 Å². The minimum Gasteiger partial charge on any atom is -0.280 e. The Labute approximate surface area is 163 Å². The van der Waals surface area contributed by atoms with Crippen molar-refractivity contribution in [1.29, 1.82) is 0 Å². The zero-order chi connectivity index (χ0) is 18.9. The highest BCUT2D eigenvalue weighted by atomic mass is 35.5. The molecule has 0 amide bonds. The highest BCUT2D eigenvalue weighted by molar-refractivity contribution is 7.91. The molecule has 0 unspecified atom stereocenters. The number of rotatable bonds is 6. The Morgan fingerprint density at radius 1 is 1.31 bits per heavy atom. The van der Waals surface area contributed by atoms with E-state index in [1.165, 1.54) is 0 Å². The molecule has 1 saturated heterocycles. The summed E-state index contributed by atoms with van der Waals surface area (Å²) in [4.78, 5) is 2.14. The molecule has 1 aromatic carbocycles. The molecular formula is C16H22ClN5O2S2. The van der Waals surface area contributed by atoms with Crippen molar-refractivity contribution in [3.05, 3.63) is 34.1 Å². The normalized spacial score (nSPS) is 19.5. The molecule has 3 rings (SSSR count). The lowest BCUT2D eigenvalue weighted by molar-refractivity contribution is 0.136. The molecule has 1 aliphatic rings. The zero-order valence-corrected chi connectivity index (χ0v) is 17.1. The van der Waals surface area contributed by atoms with E-state index in [0.717, 1.165) is 12.2 Å². The first-order valence-corrected chi connectivity index (χ1v) is 11.1. The van der Waals surface area contributed by atoms with Gasteiger partial charge in [-0.1, -0.05) is 25.4 Å². The first-order chi connectivity index (χ1) is 12.2. The lowest BCUT2D eigenvalue weighted by Crippen LogP contribution is -2.40. The molecule has 2 heterocycles. The maximum Gasteiger partial charge on any atom is 0.221 e. The van der Waals surface area contributed by atoms with Crippen molar-refractivity contribution in [2.24, 2.45) is 5.92 Å². The second kappa shape index (κ2) is 7.75. The smallest absolute Gasteiger partial charge is 0.221 e. The van der Waals surface area contributed by atoms with Crippen molar-refractivity contribution in [1.82, 2.24) is 24.7 Å². The molecule has 1 atom stereocenters. The Balaban J connectivity index is 1.83. The summed E-state index contributed by atoms with van der Waals surface area (Å²) in [6.45, 7) is 5.42. The van der Waals surface area contributed by atoms with Crippen molar-refractivity contribution >= 4 is 33.7 Å². The molecule has 1 fully saturated rings. The van der Waals surface area contributed by atoms with Gasteiger partial charge < -0.3 is 0 Å². The summed E-state index contributed by atoms with van der Waals surface area (Å²) in [5, 5.41) is 8.95. The number of aromatic nitrogens is 4. The Bertz CT molecular complexity index is 921. The molecule has 0 radical (unpaired) electrons. The van der Waals surface area contributed by atoms with Crippen LogP contribution in [-0.2, 0) is 16.5 Å². The third-order valence-corrected chi connectivity index (χ3v) is 6.74. The summed E-state index contributed by atoms with van der Waals surface area (Å²) in [6.07, 6.45) is 0.647. The van der Waals surface area contributed by atoms with Gasteiger partial charge in [-0.2, -0.15) is 4.68 Å². The first-order valence-electron chi connectivity index (χ1n) is 8.48. The number of halogens is 1. The quantitative estimate of drug-likeness (QED) is 0.675. The van der Waals surface area contributed by atoms with Crippen LogP contribution in [0.25, 0.3) is 5.69 Å². The molecule has 10 heteroatoms. The molecular weight excluding hydrogens is 394 g/mol. The van der Waals surface area contributed by atoms with E-state index in [1.54, 1.807) is 21.5 Å². The Morgan fingerprint density at radius 3 is 2.58 bits per heavy atom. The van der Waals surface area contributed by atoms with Gasteiger partial charge in [0.1, 0.15) is 0 Å². The Hall–Kier alpha value is -1.29. The van der Waals surface area contributed by atoms with Crippen LogP contribution >= 0.6 is 23.8 Å². The third-order valence-electron chi connectivity index (χ3n) is 4.35. The monoisotopic (exact) mass is 415 g/mol. The fourth-order valence-electron chi connectivity index (χ4n) is 3.13. The van der Waals surface area contributed by atoms with E-state index in [4.69, 9.17) is 23.8 Å². The Kier molecular flexibility index (Phi) is 5.81. The van der Waals surface area contributed by atoms with Crippen LogP contribution in [0.2, 0.25) is 5.02 Å². The van der Waals surface area contributed by atoms with Crippen LogP contribution in [0, 0.1) is 10.7 Å². The molecule has 142 valence electrons. The van der Waals surface area contributed by atoms with Crippen LogP contribution in [0.5, 0.6) is 0 Å². The maximum atomic E-state index is 11.9. The lowest BCUT2D eigenvalue weighted by atomic mass is 10.1. The predicted octanol–water partition coefficient (Wildman–Crippen LogP) is 2.55. The van der Waals surface area contributed by atoms with Gasteiger partial charge in [0, 0.05) is 17.6 Å². The van der Waals surface area contributed by atoms with Crippen molar-refractivity contribution in [3.63, 3.8) is 0 Å². The van der Waals surface area contributed by atoms with E-state index in [9.17, 15) is 8.42 Å². The summed E-state index contributed by atoms with van der Waals surface area (Å²) < 4.78 is 27.4. The molecule has 0 aliphatic carbocycles. The highest BCUT2D eigenvalue weighted by Gasteiger charge is 2.32. The van der Waals surface area contributed by atoms with Crippen molar-refractivity contribution in [2.75, 3.05) is 18.1 Å². The van der Waals surface area contributed by atoms with Crippen LogP contribution < -0.4 is 0 Å². The highest BCUT2D eigenvalue weighted by Crippen LogP contribution is 2.20. The van der Waals surface area contributed by atoms with E-state index < -0.39 is 9.84 Å². The first kappa shape index (κ1) is 19.5. The van der Waals surface area contributed by atoms with Gasteiger partial charge in [-0.05, 0) is 59.2 Å². The largest absolute Gasteiger partial charge is 0.280 e. The second-order valence-electron chi connectivity index (χ2n) is 7.01. The van der Waals surface area contributed by atoms with Gasteiger partial charge in [-0.25, -0.2) is 13.1 Å². The number of hydrogen-bond donors (Lipinski definition) is 0. The summed E-state index contributed by atoms with van der Waals surface area (Å²) in [7, 11) is -2.95. The van der Waals surface area contributed by atoms with E-state index in [0.29, 0.717) is 28.8 Å². The van der Waals surface area contributed by atoms with E-state index >= 15 is 0 Å². The van der Waals surface area contributed by atoms with E-state index in [1.807, 2.05) is 12.1 Å². The number of hydrogen-bond acceptors (Lipinski definition) is 6. The van der Waals surface area contributed by atoms with E-state index in [2.05, 4.69) is 29.2 Å².